The molecule has 2 rings (SSSR count). The number of nitrogens with zero attached hydrogens (tertiary/aromatic N) is 2. The van der Waals surface area contributed by atoms with Crippen LogP contribution >= 0.6 is 0 Å². The molecule has 0 spiro atoms. The van der Waals surface area contributed by atoms with Crippen LogP contribution in [0.2, 0.25) is 0 Å². The first-order chi connectivity index (χ1) is 8.63. The Kier molecular flexibility index (Phi) is 3.27. The van der Waals surface area contributed by atoms with Gasteiger partial charge in [0.15, 0.2) is 0 Å². The lowest BCUT2D eigenvalue weighted by Gasteiger charge is -2.08. The van der Waals surface area contributed by atoms with Gasteiger partial charge >= 0.3 is 0 Å². The summed E-state index contributed by atoms with van der Waals surface area (Å²) in [5.74, 6) is 0.805. The minimum Gasteiger partial charge on any atom is -0.494 e. The van der Waals surface area contributed by atoms with Gasteiger partial charge in [-0.2, -0.15) is 0 Å². The van der Waals surface area contributed by atoms with Crippen molar-refractivity contribution in [2.24, 2.45) is 0 Å². The number of nitro groups is 1. The van der Waals surface area contributed by atoms with Gasteiger partial charge in [0.05, 0.1) is 17.7 Å². The van der Waals surface area contributed by atoms with Gasteiger partial charge in [-0.15, -0.1) is 0 Å². The average molecular weight is 248 g/mol. The lowest BCUT2D eigenvalue weighted by Crippen LogP contribution is -1.98. The van der Waals surface area contributed by atoms with Gasteiger partial charge < -0.3 is 9.15 Å². The second kappa shape index (κ2) is 4.87. The fourth-order valence-corrected chi connectivity index (χ4v) is 1.66. The summed E-state index contributed by atoms with van der Waals surface area (Å²) in [5, 5.41) is 11.0. The molecule has 1 heterocycles. The normalized spacial score (nSPS) is 10.3. The van der Waals surface area contributed by atoms with E-state index in [-0.39, 0.29) is 11.6 Å². The maximum atomic E-state index is 11.0. The number of oxazole rings is 1. The summed E-state index contributed by atoms with van der Waals surface area (Å²) >= 11 is 0. The van der Waals surface area contributed by atoms with Gasteiger partial charge in [-0.25, -0.2) is 4.98 Å². The van der Waals surface area contributed by atoms with Crippen molar-refractivity contribution in [1.29, 1.82) is 0 Å². The number of rotatable bonds is 4. The van der Waals surface area contributed by atoms with Gasteiger partial charge in [0.1, 0.15) is 17.6 Å². The smallest absolute Gasteiger partial charge is 0.282 e. The van der Waals surface area contributed by atoms with Crippen molar-refractivity contribution < 1.29 is 14.1 Å². The predicted molar refractivity (Wildman–Crippen MR) is 64.5 cm³/mol. The summed E-state index contributed by atoms with van der Waals surface area (Å²) in [4.78, 5) is 14.5. The van der Waals surface area contributed by atoms with Crippen molar-refractivity contribution in [2.45, 2.75) is 13.8 Å². The van der Waals surface area contributed by atoms with Gasteiger partial charge in [0.2, 0.25) is 5.89 Å². The van der Waals surface area contributed by atoms with E-state index in [4.69, 9.17) is 9.15 Å². The van der Waals surface area contributed by atoms with E-state index in [1.54, 1.807) is 13.0 Å². The van der Waals surface area contributed by atoms with Gasteiger partial charge in [-0.1, -0.05) is 0 Å². The SMILES string of the molecule is CCOc1cc(-c2ncco2)c([N+](=O)[O-])cc1C. The third kappa shape index (κ3) is 2.17. The number of benzene rings is 1. The van der Waals surface area contributed by atoms with Crippen LogP contribution in [0.15, 0.2) is 29.0 Å². The molecule has 0 saturated heterocycles. The minimum absolute atomic E-state index is 0.0431. The van der Waals surface area contributed by atoms with E-state index in [9.17, 15) is 10.1 Å². The summed E-state index contributed by atoms with van der Waals surface area (Å²) in [6.45, 7) is 4.10. The van der Waals surface area contributed by atoms with Crippen molar-refractivity contribution in [1.82, 2.24) is 4.98 Å². The molecule has 1 aromatic heterocycles. The highest BCUT2D eigenvalue weighted by Gasteiger charge is 2.21. The van der Waals surface area contributed by atoms with E-state index >= 15 is 0 Å². The van der Waals surface area contributed by atoms with Gasteiger partial charge in [-0.3, -0.25) is 10.1 Å². The summed E-state index contributed by atoms with van der Waals surface area (Å²) < 4.78 is 10.5. The van der Waals surface area contributed by atoms with Crippen LogP contribution in [0.25, 0.3) is 11.5 Å². The standard InChI is InChI=1S/C12H12N2O4/c1-3-17-11-7-9(12-13-4-5-18-12)10(14(15)16)6-8(11)2/h4-7H,3H2,1-2H3. The van der Waals surface area contributed by atoms with Crippen LogP contribution in [0.5, 0.6) is 5.75 Å². The number of hydrogen-bond donors (Lipinski definition) is 0. The summed E-state index contributed by atoms with van der Waals surface area (Å²) in [6.07, 6.45) is 2.82. The molecule has 0 bridgehead atoms. The molecule has 0 atom stereocenters. The Morgan fingerprint density at radius 3 is 2.83 bits per heavy atom. The van der Waals surface area contributed by atoms with Gasteiger partial charge in [0.25, 0.3) is 5.69 Å². The van der Waals surface area contributed by atoms with E-state index in [0.717, 1.165) is 0 Å². The Labute approximate surface area is 103 Å². The van der Waals surface area contributed by atoms with Crippen LogP contribution in [0.3, 0.4) is 0 Å². The molecule has 0 fully saturated rings. The molecule has 0 aliphatic rings. The molecule has 0 unspecified atom stereocenters. The molecule has 0 N–H and O–H groups in total. The Morgan fingerprint density at radius 2 is 2.28 bits per heavy atom. The lowest BCUT2D eigenvalue weighted by atomic mass is 10.1. The molecule has 6 heteroatoms. The zero-order valence-corrected chi connectivity index (χ0v) is 10.0. The van der Waals surface area contributed by atoms with Crippen molar-refractivity contribution in [2.75, 3.05) is 6.61 Å². The second-order valence-corrected chi connectivity index (χ2v) is 3.66. The second-order valence-electron chi connectivity index (χ2n) is 3.66. The molecule has 6 nitrogen and oxygen atoms in total. The van der Waals surface area contributed by atoms with Crippen molar-refractivity contribution in [3.63, 3.8) is 0 Å². The highest BCUT2D eigenvalue weighted by atomic mass is 16.6. The topological polar surface area (TPSA) is 78.4 Å². The number of aryl methyl sites for hydroxylation is 1. The first-order valence-corrected chi connectivity index (χ1v) is 5.45. The van der Waals surface area contributed by atoms with Gasteiger partial charge in [0, 0.05) is 12.1 Å². The zero-order valence-electron chi connectivity index (χ0n) is 10.0. The Hall–Kier alpha value is -2.37. The van der Waals surface area contributed by atoms with Crippen LogP contribution in [0, 0.1) is 17.0 Å². The molecule has 1 aromatic carbocycles. The highest BCUT2D eigenvalue weighted by molar-refractivity contribution is 5.70. The first kappa shape index (κ1) is 12.1. The number of hydrogen-bond acceptors (Lipinski definition) is 5. The molecule has 0 aliphatic heterocycles. The number of nitro benzene ring substituents is 1. The molecule has 94 valence electrons. The van der Waals surface area contributed by atoms with E-state index < -0.39 is 4.92 Å². The Balaban J connectivity index is 2.60. The molecular weight excluding hydrogens is 236 g/mol. The minimum atomic E-state index is -0.456. The van der Waals surface area contributed by atoms with Crippen molar-refractivity contribution in [3.8, 4) is 17.2 Å². The van der Waals surface area contributed by atoms with E-state index in [1.807, 2.05) is 6.92 Å². The number of aromatic nitrogens is 1. The summed E-state index contributed by atoms with van der Waals surface area (Å²) in [6, 6.07) is 3.05. The average Bonchev–Trinajstić information content (AvgIpc) is 2.84. The monoisotopic (exact) mass is 248 g/mol. The highest BCUT2D eigenvalue weighted by Crippen LogP contribution is 2.34. The molecular formula is C12H12N2O4. The van der Waals surface area contributed by atoms with Crippen LogP contribution in [0.4, 0.5) is 5.69 Å². The first-order valence-electron chi connectivity index (χ1n) is 5.45. The molecule has 0 aliphatic carbocycles. The van der Waals surface area contributed by atoms with Crippen molar-refractivity contribution >= 4 is 5.69 Å². The summed E-state index contributed by atoms with van der Waals surface area (Å²) in [5.41, 5.74) is 0.983. The number of ether oxygens (including phenoxy) is 1. The molecule has 2 aromatic rings. The van der Waals surface area contributed by atoms with Crippen LogP contribution in [-0.2, 0) is 0 Å². The third-order valence-corrected chi connectivity index (χ3v) is 2.45. The van der Waals surface area contributed by atoms with Crippen LogP contribution in [-0.4, -0.2) is 16.5 Å². The lowest BCUT2D eigenvalue weighted by molar-refractivity contribution is -0.384. The third-order valence-electron chi connectivity index (χ3n) is 2.45. The van der Waals surface area contributed by atoms with E-state index in [1.165, 1.54) is 18.5 Å². The van der Waals surface area contributed by atoms with Crippen LogP contribution in [0.1, 0.15) is 12.5 Å². The Morgan fingerprint density at radius 1 is 1.50 bits per heavy atom. The molecule has 0 radical (unpaired) electrons. The maximum Gasteiger partial charge on any atom is 0.282 e. The Bertz CT molecular complexity index is 564. The van der Waals surface area contributed by atoms with Crippen molar-refractivity contribution in [3.05, 3.63) is 40.3 Å². The maximum absolute atomic E-state index is 11.0. The summed E-state index contributed by atoms with van der Waals surface area (Å²) in [7, 11) is 0. The molecule has 0 saturated carbocycles. The van der Waals surface area contributed by atoms with Gasteiger partial charge in [-0.05, 0) is 19.4 Å². The largest absolute Gasteiger partial charge is 0.494 e. The fraction of sp³-hybridized carbons (Fsp3) is 0.250. The van der Waals surface area contributed by atoms with E-state index in [0.29, 0.717) is 23.5 Å². The molecule has 0 amide bonds. The fourth-order valence-electron chi connectivity index (χ4n) is 1.66. The van der Waals surface area contributed by atoms with E-state index in [2.05, 4.69) is 4.98 Å². The molecule has 18 heavy (non-hydrogen) atoms. The predicted octanol–water partition coefficient (Wildman–Crippen LogP) is 2.96. The van der Waals surface area contributed by atoms with Crippen LogP contribution < -0.4 is 4.74 Å². The zero-order chi connectivity index (χ0) is 13.1. The quantitative estimate of drug-likeness (QED) is 0.614.